The average Bonchev–Trinajstić information content (AvgIpc) is 2.81. The Bertz CT molecular complexity index is 748. The number of benzene rings is 2. The maximum absolute atomic E-state index is 5.90. The Labute approximate surface area is 126 Å². The van der Waals surface area contributed by atoms with Gasteiger partial charge in [-0.2, -0.15) is 0 Å². The smallest absolute Gasteiger partial charge is 0.0634 e. The van der Waals surface area contributed by atoms with Gasteiger partial charge in [-0.15, -0.1) is 0 Å². The molecule has 0 spiro atoms. The Morgan fingerprint density at radius 3 is 2.33 bits per heavy atom. The highest BCUT2D eigenvalue weighted by Crippen LogP contribution is 2.38. The second kappa shape index (κ2) is 4.96. The number of anilines is 1. The molecule has 2 heteroatoms. The molecule has 0 saturated carbocycles. The van der Waals surface area contributed by atoms with E-state index in [2.05, 4.69) is 74.0 Å². The molecule has 0 amide bonds. The van der Waals surface area contributed by atoms with Gasteiger partial charge in [0.15, 0.2) is 0 Å². The van der Waals surface area contributed by atoms with E-state index < -0.39 is 0 Å². The summed E-state index contributed by atoms with van der Waals surface area (Å²) >= 11 is 0. The van der Waals surface area contributed by atoms with E-state index in [0.717, 1.165) is 5.69 Å². The lowest BCUT2D eigenvalue weighted by Crippen LogP contribution is -2.25. The molecule has 2 nitrogen and oxygen atoms in total. The number of aromatic nitrogens is 1. The van der Waals surface area contributed by atoms with E-state index in [4.69, 9.17) is 5.73 Å². The van der Waals surface area contributed by atoms with Gasteiger partial charge in [0.25, 0.3) is 0 Å². The molecular weight excluding hydrogens is 256 g/mol. The van der Waals surface area contributed by atoms with Gasteiger partial charge in [-0.25, -0.2) is 0 Å². The first kappa shape index (κ1) is 13.7. The van der Waals surface area contributed by atoms with Crippen LogP contribution in [0, 0.1) is 5.41 Å². The van der Waals surface area contributed by atoms with Gasteiger partial charge in [0.05, 0.1) is 6.04 Å². The zero-order valence-electron chi connectivity index (χ0n) is 12.9. The minimum absolute atomic E-state index is 0.120. The lowest BCUT2D eigenvalue weighted by Gasteiger charge is -2.33. The fourth-order valence-corrected chi connectivity index (χ4v) is 3.12. The normalized spacial score (nSPS) is 13.5. The van der Waals surface area contributed by atoms with Crippen LogP contribution in [0.1, 0.15) is 32.4 Å². The summed E-state index contributed by atoms with van der Waals surface area (Å²) < 4.78 is 2.37. The number of nitrogens with two attached hydrogens (primary N) is 1. The molecule has 21 heavy (non-hydrogen) atoms. The molecule has 0 aliphatic rings. The van der Waals surface area contributed by atoms with Gasteiger partial charge >= 0.3 is 0 Å². The van der Waals surface area contributed by atoms with E-state index in [1.807, 2.05) is 12.1 Å². The minimum Gasteiger partial charge on any atom is -0.399 e. The quantitative estimate of drug-likeness (QED) is 0.667. The first-order chi connectivity index (χ1) is 9.97. The third-order valence-electron chi connectivity index (χ3n) is 3.96. The number of nitrogens with zero attached hydrogens (tertiary/aromatic N) is 1. The van der Waals surface area contributed by atoms with Crippen LogP contribution in [0.2, 0.25) is 0 Å². The van der Waals surface area contributed by atoms with Gasteiger partial charge in [0.1, 0.15) is 0 Å². The Balaban J connectivity index is 2.20. The number of fused-ring (bicyclic) bond motifs is 1. The SMILES string of the molecule is CC(C)(C)C(c1ccccc1)n1ccc2cc(N)ccc21. The maximum atomic E-state index is 5.90. The molecule has 1 atom stereocenters. The number of hydrogen-bond donors (Lipinski definition) is 1. The number of rotatable bonds is 2. The standard InChI is InChI=1S/C19H22N2/c1-19(2,3)18(14-7-5-4-6-8-14)21-12-11-15-13-16(20)9-10-17(15)21/h4-13,18H,20H2,1-3H3. The van der Waals surface area contributed by atoms with E-state index >= 15 is 0 Å². The Hall–Kier alpha value is -2.22. The van der Waals surface area contributed by atoms with Crippen molar-refractivity contribution in [1.29, 1.82) is 0 Å². The van der Waals surface area contributed by atoms with Crippen molar-refractivity contribution in [3.63, 3.8) is 0 Å². The molecule has 0 fully saturated rings. The molecule has 2 aromatic carbocycles. The molecule has 1 unspecified atom stereocenters. The molecule has 1 heterocycles. The van der Waals surface area contributed by atoms with Crippen LogP contribution in [0.15, 0.2) is 60.8 Å². The van der Waals surface area contributed by atoms with Crippen LogP contribution in [-0.4, -0.2) is 4.57 Å². The van der Waals surface area contributed by atoms with Gasteiger partial charge in [-0.1, -0.05) is 51.1 Å². The summed E-state index contributed by atoms with van der Waals surface area (Å²) in [5.41, 5.74) is 9.39. The van der Waals surface area contributed by atoms with Gasteiger partial charge in [0, 0.05) is 22.8 Å². The highest BCUT2D eigenvalue weighted by Gasteiger charge is 2.28. The van der Waals surface area contributed by atoms with Crippen molar-refractivity contribution in [2.45, 2.75) is 26.8 Å². The van der Waals surface area contributed by atoms with Crippen molar-refractivity contribution in [2.75, 3.05) is 5.73 Å². The highest BCUT2D eigenvalue weighted by atomic mass is 15.0. The van der Waals surface area contributed by atoms with Gasteiger partial charge in [-0.05, 0) is 35.2 Å². The second-order valence-electron chi connectivity index (χ2n) is 6.72. The minimum atomic E-state index is 0.120. The first-order valence-electron chi connectivity index (χ1n) is 7.38. The number of hydrogen-bond acceptors (Lipinski definition) is 1. The fourth-order valence-electron chi connectivity index (χ4n) is 3.12. The lowest BCUT2D eigenvalue weighted by molar-refractivity contribution is 0.289. The van der Waals surface area contributed by atoms with Crippen LogP contribution in [0.4, 0.5) is 5.69 Å². The van der Waals surface area contributed by atoms with Gasteiger partial charge in [0.2, 0.25) is 0 Å². The van der Waals surface area contributed by atoms with Crippen LogP contribution in [0.3, 0.4) is 0 Å². The molecule has 3 rings (SSSR count). The van der Waals surface area contributed by atoms with Crippen LogP contribution < -0.4 is 5.73 Å². The lowest BCUT2D eigenvalue weighted by atomic mass is 9.82. The summed E-state index contributed by atoms with van der Waals surface area (Å²) in [5.74, 6) is 0. The van der Waals surface area contributed by atoms with E-state index in [-0.39, 0.29) is 5.41 Å². The predicted octanol–water partition coefficient (Wildman–Crippen LogP) is 4.86. The third kappa shape index (κ3) is 2.54. The molecule has 0 aliphatic heterocycles. The summed E-state index contributed by atoms with van der Waals surface area (Å²) in [5, 5.41) is 1.19. The molecule has 108 valence electrons. The van der Waals surface area contributed by atoms with Gasteiger partial charge < -0.3 is 10.3 Å². The molecule has 1 aromatic heterocycles. The first-order valence-corrected chi connectivity index (χ1v) is 7.38. The van der Waals surface area contributed by atoms with Crippen molar-refractivity contribution in [1.82, 2.24) is 4.57 Å². The highest BCUT2D eigenvalue weighted by molar-refractivity contribution is 5.83. The molecule has 3 aromatic rings. The van der Waals surface area contributed by atoms with Crippen LogP contribution in [0.5, 0.6) is 0 Å². The van der Waals surface area contributed by atoms with Crippen LogP contribution >= 0.6 is 0 Å². The van der Waals surface area contributed by atoms with Crippen LogP contribution in [0.25, 0.3) is 10.9 Å². The molecule has 0 aliphatic carbocycles. The third-order valence-corrected chi connectivity index (χ3v) is 3.96. The van der Waals surface area contributed by atoms with Crippen molar-refractivity contribution < 1.29 is 0 Å². The molecule has 0 bridgehead atoms. The predicted molar refractivity (Wildman–Crippen MR) is 90.4 cm³/mol. The Kier molecular flexibility index (Phi) is 3.25. The van der Waals surface area contributed by atoms with Crippen molar-refractivity contribution >= 4 is 16.6 Å². The van der Waals surface area contributed by atoms with Crippen LogP contribution in [-0.2, 0) is 0 Å². The molecule has 2 N–H and O–H groups in total. The van der Waals surface area contributed by atoms with Crippen molar-refractivity contribution in [3.8, 4) is 0 Å². The van der Waals surface area contributed by atoms with E-state index in [1.165, 1.54) is 16.5 Å². The van der Waals surface area contributed by atoms with E-state index in [1.54, 1.807) is 0 Å². The largest absolute Gasteiger partial charge is 0.399 e. The summed E-state index contributed by atoms with van der Waals surface area (Å²) in [6, 6.07) is 19.3. The molecule has 0 radical (unpaired) electrons. The zero-order chi connectivity index (χ0) is 15.0. The van der Waals surface area contributed by atoms with Crippen molar-refractivity contribution in [3.05, 3.63) is 66.4 Å². The topological polar surface area (TPSA) is 30.9 Å². The fraction of sp³-hybridized carbons (Fsp3) is 0.263. The van der Waals surface area contributed by atoms with E-state index in [9.17, 15) is 0 Å². The second-order valence-corrected chi connectivity index (χ2v) is 6.72. The Morgan fingerprint density at radius 1 is 0.952 bits per heavy atom. The van der Waals surface area contributed by atoms with Gasteiger partial charge in [-0.3, -0.25) is 0 Å². The summed E-state index contributed by atoms with van der Waals surface area (Å²) in [7, 11) is 0. The van der Waals surface area contributed by atoms with Crippen molar-refractivity contribution in [2.24, 2.45) is 5.41 Å². The maximum Gasteiger partial charge on any atom is 0.0634 e. The summed E-state index contributed by atoms with van der Waals surface area (Å²) in [6.45, 7) is 6.86. The molecule has 0 saturated heterocycles. The average molecular weight is 278 g/mol. The zero-order valence-corrected chi connectivity index (χ0v) is 12.9. The molecular formula is C19H22N2. The monoisotopic (exact) mass is 278 g/mol. The summed E-state index contributed by atoms with van der Waals surface area (Å²) in [4.78, 5) is 0. The number of nitrogen functional groups attached to an aromatic ring is 1. The Morgan fingerprint density at radius 2 is 1.67 bits per heavy atom. The van der Waals surface area contributed by atoms with E-state index in [0.29, 0.717) is 6.04 Å². The summed E-state index contributed by atoms with van der Waals surface area (Å²) in [6.07, 6.45) is 2.17.